The van der Waals surface area contributed by atoms with Crippen molar-refractivity contribution in [3.05, 3.63) is 17.4 Å². The van der Waals surface area contributed by atoms with Crippen LogP contribution in [0.1, 0.15) is 13.3 Å². The zero-order chi connectivity index (χ0) is 5.28. The van der Waals surface area contributed by atoms with E-state index in [2.05, 4.69) is 5.73 Å². The predicted octanol–water partition coefficient (Wildman–Crippen LogP) is 1.06. The Labute approximate surface area is 42.3 Å². The Morgan fingerprint density at radius 1 is 1.86 bits per heavy atom. The highest BCUT2D eigenvalue weighted by Crippen LogP contribution is 2.03. The van der Waals surface area contributed by atoms with E-state index in [1.165, 1.54) is 0 Å². The van der Waals surface area contributed by atoms with Crippen LogP contribution in [0.2, 0.25) is 0 Å². The molecule has 0 unspecified atom stereocenters. The molecule has 0 aromatic carbocycles. The Morgan fingerprint density at radius 3 is 2.71 bits per heavy atom. The van der Waals surface area contributed by atoms with Gasteiger partial charge in [-0.3, -0.25) is 4.79 Å². The van der Waals surface area contributed by atoms with E-state index < -0.39 is 0 Å². The molecule has 0 radical (unpaired) electrons. The number of carbonyl (C=O) groups is 1. The fourth-order valence-corrected chi connectivity index (χ4v) is 0.530. The number of Topliss-reactive ketones (excluding diaryl/α,β-unsaturated/α-hetero) is 1. The summed E-state index contributed by atoms with van der Waals surface area (Å²) in [4.78, 5) is 10.4. The second-order valence-corrected chi connectivity index (χ2v) is 1.60. The number of carbonyl (C=O) groups excluding carboxylic acids is 1. The smallest absolute Gasteiger partial charge is 0.170 e. The van der Waals surface area contributed by atoms with Gasteiger partial charge in [-0.05, 0) is 13.0 Å². The first-order valence-corrected chi connectivity index (χ1v) is 2.25. The average Bonchev–Trinajstić information content (AvgIpc) is 1.91. The van der Waals surface area contributed by atoms with Gasteiger partial charge in [0.05, 0.1) is 0 Å². The number of ketones is 1. The van der Waals surface area contributed by atoms with Gasteiger partial charge in [-0.2, -0.15) is 0 Å². The summed E-state index contributed by atoms with van der Waals surface area (Å²) in [5.74, 6) is 0.208. The SMILES string of the molecule is CC1=C=CCC1=O. The van der Waals surface area contributed by atoms with Crippen LogP contribution < -0.4 is 0 Å². The third kappa shape index (κ3) is 0.625. The van der Waals surface area contributed by atoms with E-state index in [1.807, 2.05) is 0 Å². The average molecular weight is 94.1 g/mol. The van der Waals surface area contributed by atoms with Gasteiger partial charge in [0.25, 0.3) is 0 Å². The lowest BCUT2D eigenvalue weighted by Gasteiger charge is -1.80. The Hall–Kier alpha value is -0.810. The molecule has 0 fully saturated rings. The predicted molar refractivity (Wildman–Crippen MR) is 26.9 cm³/mol. The largest absolute Gasteiger partial charge is 0.293 e. The Morgan fingerprint density at radius 2 is 2.57 bits per heavy atom. The summed E-state index contributed by atoms with van der Waals surface area (Å²) in [5, 5.41) is 0. The van der Waals surface area contributed by atoms with Gasteiger partial charge in [0.15, 0.2) is 5.78 Å². The molecule has 0 saturated carbocycles. The van der Waals surface area contributed by atoms with Gasteiger partial charge in [-0.15, -0.1) is 5.73 Å². The van der Waals surface area contributed by atoms with E-state index in [-0.39, 0.29) is 5.78 Å². The van der Waals surface area contributed by atoms with Crippen LogP contribution in [0.25, 0.3) is 0 Å². The molecule has 0 amide bonds. The molecule has 0 atom stereocenters. The van der Waals surface area contributed by atoms with Crippen LogP contribution in [0.4, 0.5) is 0 Å². The monoisotopic (exact) mass is 94.0 g/mol. The van der Waals surface area contributed by atoms with Gasteiger partial charge in [-0.25, -0.2) is 0 Å². The van der Waals surface area contributed by atoms with Gasteiger partial charge in [0.1, 0.15) is 0 Å². The summed E-state index contributed by atoms with van der Waals surface area (Å²) < 4.78 is 0. The van der Waals surface area contributed by atoms with Crippen molar-refractivity contribution in [2.24, 2.45) is 0 Å². The van der Waals surface area contributed by atoms with Crippen molar-refractivity contribution >= 4 is 5.78 Å². The molecule has 1 heteroatoms. The first kappa shape index (κ1) is 4.35. The highest BCUT2D eigenvalue weighted by atomic mass is 16.1. The van der Waals surface area contributed by atoms with E-state index in [0.717, 1.165) is 5.57 Å². The van der Waals surface area contributed by atoms with Crippen LogP contribution in [-0.2, 0) is 4.79 Å². The minimum Gasteiger partial charge on any atom is -0.293 e. The molecule has 1 rings (SSSR count). The number of hydrogen-bond donors (Lipinski definition) is 0. The van der Waals surface area contributed by atoms with E-state index in [0.29, 0.717) is 6.42 Å². The molecule has 0 aromatic heterocycles. The topological polar surface area (TPSA) is 17.1 Å². The van der Waals surface area contributed by atoms with E-state index in [1.54, 1.807) is 13.0 Å². The van der Waals surface area contributed by atoms with Gasteiger partial charge in [0, 0.05) is 12.0 Å². The van der Waals surface area contributed by atoms with Crippen molar-refractivity contribution in [3.8, 4) is 0 Å². The zero-order valence-corrected chi connectivity index (χ0v) is 4.19. The number of allylic oxidation sites excluding steroid dienone is 1. The third-order valence-electron chi connectivity index (χ3n) is 1.02. The van der Waals surface area contributed by atoms with E-state index >= 15 is 0 Å². The maximum atomic E-state index is 10.4. The van der Waals surface area contributed by atoms with Gasteiger partial charge in [0.2, 0.25) is 0 Å². The number of rotatable bonds is 0. The first-order valence-electron chi connectivity index (χ1n) is 2.25. The van der Waals surface area contributed by atoms with Gasteiger partial charge in [-0.1, -0.05) is 0 Å². The number of hydrogen-bond acceptors (Lipinski definition) is 1. The maximum Gasteiger partial charge on any atom is 0.170 e. The van der Waals surface area contributed by atoms with E-state index in [4.69, 9.17) is 0 Å². The molecule has 0 aliphatic heterocycles. The van der Waals surface area contributed by atoms with Crippen LogP contribution in [0, 0.1) is 0 Å². The summed E-state index contributed by atoms with van der Waals surface area (Å²) in [6, 6.07) is 0. The fourth-order valence-electron chi connectivity index (χ4n) is 0.530. The molecule has 0 bridgehead atoms. The summed E-state index contributed by atoms with van der Waals surface area (Å²) in [6.45, 7) is 1.78. The molecule has 0 N–H and O–H groups in total. The second kappa shape index (κ2) is 1.36. The lowest BCUT2D eigenvalue weighted by Crippen LogP contribution is -1.89. The highest BCUT2D eigenvalue weighted by Gasteiger charge is 2.03. The van der Waals surface area contributed by atoms with Crippen molar-refractivity contribution in [1.29, 1.82) is 0 Å². The standard InChI is InChI=1S/C6H6O/c1-5-3-2-4-6(5)7/h2H,4H2,1H3. The molecule has 1 aliphatic carbocycles. The Kier molecular flexibility index (Phi) is 0.844. The molecule has 36 valence electrons. The summed E-state index contributed by atoms with van der Waals surface area (Å²) in [7, 11) is 0. The van der Waals surface area contributed by atoms with Crippen molar-refractivity contribution in [2.75, 3.05) is 0 Å². The van der Waals surface area contributed by atoms with Crippen LogP contribution in [0.5, 0.6) is 0 Å². The summed E-state index contributed by atoms with van der Waals surface area (Å²) in [6.07, 6.45) is 2.32. The zero-order valence-electron chi connectivity index (χ0n) is 4.19. The molecule has 0 saturated heterocycles. The normalized spacial score (nSPS) is 17.9. The van der Waals surface area contributed by atoms with Crippen LogP contribution in [0.15, 0.2) is 17.4 Å². The van der Waals surface area contributed by atoms with Crippen molar-refractivity contribution in [1.82, 2.24) is 0 Å². The minimum atomic E-state index is 0.208. The van der Waals surface area contributed by atoms with E-state index in [9.17, 15) is 4.79 Å². The van der Waals surface area contributed by atoms with Crippen molar-refractivity contribution < 1.29 is 4.79 Å². The van der Waals surface area contributed by atoms with Crippen molar-refractivity contribution in [2.45, 2.75) is 13.3 Å². The highest BCUT2D eigenvalue weighted by molar-refractivity contribution is 5.97. The van der Waals surface area contributed by atoms with Gasteiger partial charge >= 0.3 is 0 Å². The maximum absolute atomic E-state index is 10.4. The summed E-state index contributed by atoms with van der Waals surface area (Å²) in [5.41, 5.74) is 3.58. The molecule has 0 heterocycles. The molecular formula is C6H6O. The van der Waals surface area contributed by atoms with Crippen LogP contribution in [-0.4, -0.2) is 5.78 Å². The lowest BCUT2D eigenvalue weighted by molar-refractivity contribution is -0.114. The molecule has 1 aliphatic rings. The lowest BCUT2D eigenvalue weighted by atomic mass is 10.2. The molecular weight excluding hydrogens is 88.1 g/mol. The Bertz CT molecular complexity index is 159. The Balaban J connectivity index is 2.90. The molecule has 0 aromatic rings. The second-order valence-electron chi connectivity index (χ2n) is 1.60. The molecule has 0 spiro atoms. The van der Waals surface area contributed by atoms with Gasteiger partial charge < -0.3 is 0 Å². The van der Waals surface area contributed by atoms with Crippen LogP contribution in [0.3, 0.4) is 0 Å². The summed E-state index contributed by atoms with van der Waals surface area (Å²) >= 11 is 0. The molecule has 7 heavy (non-hydrogen) atoms. The first-order chi connectivity index (χ1) is 3.30. The quantitative estimate of drug-likeness (QED) is 0.410. The van der Waals surface area contributed by atoms with Crippen LogP contribution >= 0.6 is 0 Å². The third-order valence-corrected chi connectivity index (χ3v) is 1.02. The van der Waals surface area contributed by atoms with Crippen molar-refractivity contribution in [3.63, 3.8) is 0 Å². The fraction of sp³-hybridized carbons (Fsp3) is 0.333. The molecule has 1 nitrogen and oxygen atoms in total. The minimum absolute atomic E-state index is 0.208.